The molecule has 1 amide bonds. The molecule has 1 aromatic heterocycles. The van der Waals surface area contributed by atoms with Gasteiger partial charge in [0.2, 0.25) is 15.7 Å². The molecule has 1 N–H and O–H groups in total. The molecule has 0 fully saturated rings. The lowest BCUT2D eigenvalue weighted by atomic mass is 9.90. The van der Waals surface area contributed by atoms with Gasteiger partial charge < -0.3 is 14.8 Å². The van der Waals surface area contributed by atoms with Crippen molar-refractivity contribution in [1.29, 1.82) is 0 Å². The second kappa shape index (κ2) is 8.36. The van der Waals surface area contributed by atoms with Gasteiger partial charge in [-0.15, -0.1) is 11.3 Å². The first kappa shape index (κ1) is 21.4. The molecule has 1 aliphatic rings. The molecule has 4 rings (SSSR count). The minimum atomic E-state index is -3.79. The number of ether oxygens (including phenoxy) is 2. The number of carbonyl (C=O) groups is 1. The highest BCUT2D eigenvalue weighted by molar-refractivity contribution is 7.91. The fraction of sp³-hybridized carbons (Fsp3) is 0.261. The van der Waals surface area contributed by atoms with Crippen LogP contribution in [0.2, 0.25) is 0 Å². The molecule has 0 saturated carbocycles. The number of anilines is 1. The molecule has 1 aliphatic heterocycles. The Labute approximate surface area is 185 Å². The monoisotopic (exact) mass is 457 g/mol. The maximum absolute atomic E-state index is 13.3. The average molecular weight is 458 g/mol. The van der Waals surface area contributed by atoms with Gasteiger partial charge in [-0.25, -0.2) is 8.42 Å². The van der Waals surface area contributed by atoms with Gasteiger partial charge in [-0.1, -0.05) is 12.1 Å². The van der Waals surface area contributed by atoms with E-state index in [2.05, 4.69) is 5.32 Å². The first-order valence-corrected chi connectivity index (χ1v) is 12.2. The Morgan fingerprint density at radius 2 is 1.68 bits per heavy atom. The van der Waals surface area contributed by atoms with Crippen LogP contribution in [0.4, 0.5) is 5.69 Å². The van der Waals surface area contributed by atoms with E-state index in [1.165, 1.54) is 30.6 Å². The number of carbonyl (C=O) groups excluding carboxylic acids is 1. The lowest BCUT2D eigenvalue weighted by Crippen LogP contribution is -2.23. The third kappa shape index (κ3) is 4.18. The zero-order valence-electron chi connectivity index (χ0n) is 17.4. The molecule has 8 heteroatoms. The van der Waals surface area contributed by atoms with Gasteiger partial charge in [-0.05, 0) is 55.8 Å². The summed E-state index contributed by atoms with van der Waals surface area (Å²) in [4.78, 5) is 13.6. The van der Waals surface area contributed by atoms with Crippen molar-refractivity contribution >= 4 is 32.8 Å². The summed E-state index contributed by atoms with van der Waals surface area (Å²) in [5, 5.41) is 4.40. The number of amides is 1. The average Bonchev–Trinajstić information content (AvgIpc) is 3.18. The second-order valence-electron chi connectivity index (χ2n) is 7.56. The molecule has 1 atom stereocenters. The highest BCUT2D eigenvalue weighted by Crippen LogP contribution is 2.46. The number of hydrogen-bond donors (Lipinski definition) is 1. The minimum absolute atomic E-state index is 0.0703. The van der Waals surface area contributed by atoms with Crippen molar-refractivity contribution in [2.45, 2.75) is 42.1 Å². The smallest absolute Gasteiger partial charge is 0.225 e. The lowest BCUT2D eigenvalue weighted by molar-refractivity contribution is -0.116. The van der Waals surface area contributed by atoms with Gasteiger partial charge >= 0.3 is 0 Å². The number of methoxy groups -OCH3 is 1. The first-order valence-electron chi connectivity index (χ1n) is 9.86. The summed E-state index contributed by atoms with van der Waals surface area (Å²) in [6, 6.07) is 13.8. The third-order valence-corrected chi connectivity index (χ3v) is 8.11. The minimum Gasteiger partial charge on any atom is -0.497 e. The van der Waals surface area contributed by atoms with Crippen LogP contribution in [0, 0.1) is 0 Å². The van der Waals surface area contributed by atoms with E-state index in [-0.39, 0.29) is 34.1 Å². The number of benzene rings is 2. The molecule has 0 aliphatic carbocycles. The van der Waals surface area contributed by atoms with E-state index < -0.39 is 9.84 Å². The van der Waals surface area contributed by atoms with E-state index in [1.807, 2.05) is 38.1 Å². The van der Waals surface area contributed by atoms with E-state index in [1.54, 1.807) is 17.5 Å². The van der Waals surface area contributed by atoms with Gasteiger partial charge in [0.15, 0.2) is 0 Å². The Bertz CT molecular complexity index is 1200. The van der Waals surface area contributed by atoms with Crippen molar-refractivity contribution in [1.82, 2.24) is 0 Å². The van der Waals surface area contributed by atoms with Gasteiger partial charge in [-0.2, -0.15) is 0 Å². The molecule has 0 spiro atoms. The van der Waals surface area contributed by atoms with Crippen LogP contribution < -0.4 is 14.8 Å². The van der Waals surface area contributed by atoms with Gasteiger partial charge in [0.25, 0.3) is 0 Å². The summed E-state index contributed by atoms with van der Waals surface area (Å²) in [6.07, 6.45) is 0.334. The summed E-state index contributed by atoms with van der Waals surface area (Å²) in [6.45, 7) is 3.92. The summed E-state index contributed by atoms with van der Waals surface area (Å²) in [5.74, 6) is 0.920. The fourth-order valence-electron chi connectivity index (χ4n) is 3.60. The largest absolute Gasteiger partial charge is 0.497 e. The standard InChI is InChI=1S/C23H23NO5S2/c1-14(2)29-17-6-4-15(5-7-17)19-12-21(25)24-22-20(13-30-23(19)22)31(26,27)18-10-8-16(28-3)9-11-18/h4-11,13-14,19H,12H2,1-3H3,(H,24,25). The van der Waals surface area contributed by atoms with Crippen LogP contribution in [-0.2, 0) is 14.6 Å². The van der Waals surface area contributed by atoms with Gasteiger partial charge in [0, 0.05) is 22.6 Å². The molecule has 6 nitrogen and oxygen atoms in total. The Morgan fingerprint density at radius 3 is 2.29 bits per heavy atom. The summed E-state index contributed by atoms with van der Waals surface area (Å²) >= 11 is 1.35. The number of sulfone groups is 1. The number of nitrogens with one attached hydrogen (secondary N) is 1. The summed E-state index contributed by atoms with van der Waals surface area (Å²) < 4.78 is 37.3. The van der Waals surface area contributed by atoms with Gasteiger partial charge in [-0.3, -0.25) is 4.79 Å². The van der Waals surface area contributed by atoms with Crippen LogP contribution in [0.25, 0.3) is 0 Å². The molecular weight excluding hydrogens is 434 g/mol. The van der Waals surface area contributed by atoms with Gasteiger partial charge in [0.1, 0.15) is 16.4 Å². The molecule has 3 aromatic rings. The topological polar surface area (TPSA) is 81.7 Å². The zero-order chi connectivity index (χ0) is 22.2. The molecule has 1 unspecified atom stereocenters. The van der Waals surface area contributed by atoms with E-state index in [0.717, 1.165) is 16.2 Å². The molecule has 2 heterocycles. The van der Waals surface area contributed by atoms with Crippen LogP contribution in [-0.4, -0.2) is 27.5 Å². The van der Waals surface area contributed by atoms with Crippen molar-refractivity contribution < 1.29 is 22.7 Å². The molecule has 2 aromatic carbocycles. The molecule has 31 heavy (non-hydrogen) atoms. The van der Waals surface area contributed by atoms with Crippen molar-refractivity contribution in [3.63, 3.8) is 0 Å². The molecule has 0 saturated heterocycles. The Hall–Kier alpha value is -2.84. The van der Waals surface area contributed by atoms with Crippen molar-refractivity contribution in [3.05, 3.63) is 64.4 Å². The quantitative estimate of drug-likeness (QED) is 0.572. The highest BCUT2D eigenvalue weighted by Gasteiger charge is 2.34. The number of thiophene rings is 1. The number of rotatable bonds is 6. The van der Waals surface area contributed by atoms with Crippen LogP contribution in [0.1, 0.15) is 36.6 Å². The lowest BCUT2D eigenvalue weighted by Gasteiger charge is -2.24. The second-order valence-corrected chi connectivity index (χ2v) is 10.4. The normalized spacial score (nSPS) is 16.0. The Balaban J connectivity index is 1.71. The van der Waals surface area contributed by atoms with Crippen molar-refractivity contribution in [2.75, 3.05) is 12.4 Å². The SMILES string of the molecule is COc1ccc(S(=O)(=O)c2csc3c2NC(=O)CC3c2ccc(OC(C)C)cc2)cc1. The van der Waals surface area contributed by atoms with Crippen LogP contribution in [0.5, 0.6) is 11.5 Å². The van der Waals surface area contributed by atoms with Crippen LogP contribution >= 0.6 is 11.3 Å². The summed E-state index contributed by atoms with van der Waals surface area (Å²) in [7, 11) is -2.27. The van der Waals surface area contributed by atoms with E-state index in [9.17, 15) is 13.2 Å². The predicted octanol–water partition coefficient (Wildman–Crippen LogP) is 4.85. The first-order chi connectivity index (χ1) is 14.8. The molecule has 162 valence electrons. The van der Waals surface area contributed by atoms with Crippen molar-refractivity contribution in [3.8, 4) is 11.5 Å². The molecule has 0 bridgehead atoms. The summed E-state index contributed by atoms with van der Waals surface area (Å²) in [5.41, 5.74) is 1.33. The Morgan fingerprint density at radius 1 is 1.03 bits per heavy atom. The molecular formula is C23H23NO5S2. The predicted molar refractivity (Wildman–Crippen MR) is 120 cm³/mol. The fourth-order valence-corrected chi connectivity index (χ4v) is 6.51. The van der Waals surface area contributed by atoms with Gasteiger partial charge in [0.05, 0.1) is 23.8 Å². The van der Waals surface area contributed by atoms with E-state index >= 15 is 0 Å². The Kier molecular flexibility index (Phi) is 5.77. The number of hydrogen-bond acceptors (Lipinski definition) is 6. The van der Waals surface area contributed by atoms with Crippen LogP contribution in [0.15, 0.2) is 63.7 Å². The van der Waals surface area contributed by atoms with Crippen LogP contribution in [0.3, 0.4) is 0 Å². The maximum Gasteiger partial charge on any atom is 0.225 e. The number of fused-ring (bicyclic) bond motifs is 1. The maximum atomic E-state index is 13.3. The van der Waals surface area contributed by atoms with Crippen molar-refractivity contribution in [2.24, 2.45) is 0 Å². The zero-order valence-corrected chi connectivity index (χ0v) is 19.0. The molecule has 0 radical (unpaired) electrons. The van der Waals surface area contributed by atoms with E-state index in [0.29, 0.717) is 11.4 Å². The third-order valence-electron chi connectivity index (χ3n) is 5.07. The van der Waals surface area contributed by atoms with E-state index in [4.69, 9.17) is 9.47 Å². The highest BCUT2D eigenvalue weighted by atomic mass is 32.2.